The first-order chi connectivity index (χ1) is 30.4. The average Bonchev–Trinajstić information content (AvgIpc) is 3.13. The number of carbonyl (C=O) groups is 3. The van der Waals surface area contributed by atoms with Gasteiger partial charge in [0.2, 0.25) is 0 Å². The highest BCUT2D eigenvalue weighted by Crippen LogP contribution is 2.53. The maximum atomic E-state index is 13.6. The average molecular weight is 927 g/mol. The highest BCUT2D eigenvalue weighted by atomic mass is 16.5. The molecule has 0 radical (unpaired) electrons. The third-order valence-corrected chi connectivity index (χ3v) is 13.6. The van der Waals surface area contributed by atoms with E-state index in [1.165, 1.54) is 0 Å². The molecule has 3 aromatic rings. The minimum Gasteiger partial charge on any atom is -0.507 e. The molecule has 0 spiro atoms. The Balaban J connectivity index is 1.66. The highest BCUT2D eigenvalue weighted by molar-refractivity contribution is 5.71. The van der Waals surface area contributed by atoms with Crippen molar-refractivity contribution in [2.45, 2.75) is 221 Å². The predicted molar refractivity (Wildman–Crippen MR) is 270 cm³/mol. The molecule has 4 N–H and O–H groups in total. The monoisotopic (exact) mass is 927 g/mol. The van der Waals surface area contributed by atoms with Crippen molar-refractivity contribution in [1.29, 1.82) is 0 Å². The lowest BCUT2D eigenvalue weighted by molar-refractivity contribution is -0.145. The van der Waals surface area contributed by atoms with E-state index in [-0.39, 0.29) is 71.8 Å². The molecule has 4 rings (SSSR count). The van der Waals surface area contributed by atoms with Crippen LogP contribution in [0.1, 0.15) is 218 Å². The molecule has 372 valence electrons. The number of benzene rings is 3. The molecule has 1 aliphatic carbocycles. The van der Waals surface area contributed by atoms with Crippen molar-refractivity contribution in [1.82, 2.24) is 0 Å². The Morgan fingerprint density at radius 2 is 0.791 bits per heavy atom. The van der Waals surface area contributed by atoms with Gasteiger partial charge in [-0.25, -0.2) is 0 Å². The zero-order chi connectivity index (χ0) is 51.0. The van der Waals surface area contributed by atoms with Gasteiger partial charge in [0, 0.05) is 30.4 Å². The van der Waals surface area contributed by atoms with Crippen LogP contribution < -0.4 is 0 Å². The van der Waals surface area contributed by atoms with Crippen molar-refractivity contribution < 1.29 is 44.3 Å². The summed E-state index contributed by atoms with van der Waals surface area (Å²) in [7, 11) is 0. The molecule has 0 amide bonds. The molecule has 9 heteroatoms. The molecule has 0 atom stereocenters. The molecule has 3 aromatic carbocycles. The maximum Gasteiger partial charge on any atom is 0.306 e. The molecule has 0 unspecified atom stereocenters. The summed E-state index contributed by atoms with van der Waals surface area (Å²) in [6.07, 6.45) is 3.40. The second-order valence-corrected chi connectivity index (χ2v) is 25.8. The van der Waals surface area contributed by atoms with Gasteiger partial charge in [0.05, 0.1) is 13.2 Å². The summed E-state index contributed by atoms with van der Waals surface area (Å²) in [5.74, 6) is -0.703. The highest BCUT2D eigenvalue weighted by Gasteiger charge is 2.44. The Labute approximate surface area is 403 Å². The molecule has 0 saturated carbocycles. The number of carboxylic acids is 1. The van der Waals surface area contributed by atoms with Crippen molar-refractivity contribution in [2.75, 3.05) is 13.2 Å². The van der Waals surface area contributed by atoms with Crippen LogP contribution in [0.3, 0.4) is 0 Å². The molecule has 0 saturated heterocycles. The number of hydrogen-bond donors (Lipinski definition) is 4. The van der Waals surface area contributed by atoms with Gasteiger partial charge in [-0.2, -0.15) is 0 Å². The minimum atomic E-state index is -0.890. The van der Waals surface area contributed by atoms with Crippen LogP contribution in [0, 0.1) is 5.41 Å². The molecule has 0 aromatic heterocycles. The van der Waals surface area contributed by atoms with Gasteiger partial charge in [0.25, 0.3) is 0 Å². The zero-order valence-corrected chi connectivity index (χ0v) is 44.6. The molecule has 67 heavy (non-hydrogen) atoms. The van der Waals surface area contributed by atoms with Crippen LogP contribution in [0.2, 0.25) is 0 Å². The van der Waals surface area contributed by atoms with Gasteiger partial charge in [0.1, 0.15) is 17.2 Å². The summed E-state index contributed by atoms with van der Waals surface area (Å²) >= 11 is 0. The molecular weight excluding hydrogens is 841 g/mol. The Morgan fingerprint density at radius 3 is 1.06 bits per heavy atom. The van der Waals surface area contributed by atoms with Crippen LogP contribution in [-0.4, -0.2) is 51.5 Å². The Kier molecular flexibility index (Phi) is 16.3. The van der Waals surface area contributed by atoms with Crippen LogP contribution in [-0.2, 0) is 88.5 Å². The van der Waals surface area contributed by atoms with Crippen molar-refractivity contribution >= 4 is 17.9 Å². The topological polar surface area (TPSA) is 151 Å². The fraction of sp³-hybridized carbons (Fsp3) is 0.638. The van der Waals surface area contributed by atoms with Crippen LogP contribution in [0.15, 0.2) is 24.3 Å². The lowest BCUT2D eigenvalue weighted by atomic mass is 9.60. The summed E-state index contributed by atoms with van der Waals surface area (Å²) in [4.78, 5) is 39.2. The quantitative estimate of drug-likeness (QED) is 0.109. The first-order valence-electron chi connectivity index (χ1n) is 24.5. The first-order valence-corrected chi connectivity index (χ1v) is 24.5. The van der Waals surface area contributed by atoms with E-state index in [2.05, 4.69) is 125 Å². The van der Waals surface area contributed by atoms with Crippen molar-refractivity contribution in [2.24, 2.45) is 5.41 Å². The second kappa shape index (κ2) is 19.8. The number of phenolic OH excluding ortho intramolecular Hbond substituents is 3. The fourth-order valence-corrected chi connectivity index (χ4v) is 10.1. The molecule has 0 heterocycles. The Morgan fingerprint density at radius 1 is 0.478 bits per heavy atom. The van der Waals surface area contributed by atoms with Gasteiger partial charge in [0.15, 0.2) is 0 Å². The first kappa shape index (κ1) is 55.1. The third kappa shape index (κ3) is 13.6. The number of fused-ring (bicyclic) bond motifs is 2. The number of carboxylic acid groups (broad SMARTS) is 1. The van der Waals surface area contributed by atoms with Crippen molar-refractivity contribution in [3.8, 4) is 17.2 Å². The number of esters is 2. The van der Waals surface area contributed by atoms with Crippen LogP contribution in [0.5, 0.6) is 17.2 Å². The smallest absolute Gasteiger partial charge is 0.306 e. The standard InChI is InChI=1S/C58H86O9/c1-52(2,3)40-29-35(30-41(49(40)63)53(4,5)6)19-23-45(61)66-27-25-58(26-28-67-46(62)24-20-36-31-42(54(7,8)9)50(64)43(32-36)55(10,11)12)33-38-37(21-22-44(59)60)39(34-58)48(57(16,17)18)51(65)47(38)56(13,14)15/h29-32,63-65H,19-28,33-34H2,1-18H3,(H,59,60). The summed E-state index contributed by atoms with van der Waals surface area (Å²) in [6.45, 7) is 37.5. The minimum absolute atomic E-state index is 0.0504. The Hall–Kier alpha value is -4.53. The maximum absolute atomic E-state index is 13.6. The van der Waals surface area contributed by atoms with E-state index in [4.69, 9.17) is 9.47 Å². The summed E-state index contributed by atoms with van der Waals surface area (Å²) in [6, 6.07) is 7.99. The van der Waals surface area contributed by atoms with E-state index >= 15 is 0 Å². The van der Waals surface area contributed by atoms with Gasteiger partial charge >= 0.3 is 17.9 Å². The lowest BCUT2D eigenvalue weighted by Crippen LogP contribution is -2.38. The molecule has 2 bridgehead atoms. The lowest BCUT2D eigenvalue weighted by Gasteiger charge is -2.45. The molecule has 0 aliphatic heterocycles. The van der Waals surface area contributed by atoms with Crippen LogP contribution >= 0.6 is 0 Å². The van der Waals surface area contributed by atoms with Crippen molar-refractivity contribution in [3.63, 3.8) is 0 Å². The van der Waals surface area contributed by atoms with E-state index in [0.29, 0.717) is 56.4 Å². The number of ether oxygens (including phenoxy) is 2. The molecule has 9 nitrogen and oxygen atoms in total. The number of carbonyl (C=O) groups excluding carboxylic acids is 2. The molecule has 0 fully saturated rings. The largest absolute Gasteiger partial charge is 0.507 e. The fourth-order valence-electron chi connectivity index (χ4n) is 10.1. The van der Waals surface area contributed by atoms with Gasteiger partial charge in [-0.05, 0) is 133 Å². The van der Waals surface area contributed by atoms with Crippen LogP contribution in [0.25, 0.3) is 0 Å². The van der Waals surface area contributed by atoms with Crippen LogP contribution in [0.4, 0.5) is 0 Å². The van der Waals surface area contributed by atoms with E-state index in [9.17, 15) is 34.8 Å². The number of aromatic hydroxyl groups is 3. The van der Waals surface area contributed by atoms with E-state index in [1.807, 2.05) is 24.3 Å². The zero-order valence-electron chi connectivity index (χ0n) is 44.6. The molecular formula is C58H86O9. The number of hydrogen-bond acceptors (Lipinski definition) is 8. The Bertz CT molecular complexity index is 2080. The number of aryl methyl sites for hydroxylation is 2. The van der Waals surface area contributed by atoms with Crippen molar-refractivity contribution in [3.05, 3.63) is 85.5 Å². The van der Waals surface area contributed by atoms with E-state index < -0.39 is 22.2 Å². The third-order valence-electron chi connectivity index (χ3n) is 13.6. The number of phenols is 3. The SMILES string of the molecule is CC(C)(C)c1cc(CCC(=O)OCCC2(CCOC(=O)CCc3cc(C(C)(C)C)c(O)c(C(C)(C)C)c3)Cc3c(CCC(=O)O)c(c(C(C)(C)C)c(O)c3C(C)(C)C)C2)cc(C(C)(C)C)c1O. The van der Waals surface area contributed by atoms with E-state index in [1.54, 1.807) is 0 Å². The normalized spacial score (nSPS) is 14.5. The number of aliphatic carboxylic acids is 1. The van der Waals surface area contributed by atoms with Gasteiger partial charge in [-0.15, -0.1) is 0 Å². The van der Waals surface area contributed by atoms with Gasteiger partial charge < -0.3 is 29.9 Å². The number of rotatable bonds is 15. The van der Waals surface area contributed by atoms with Gasteiger partial charge in [-0.1, -0.05) is 149 Å². The molecule has 1 aliphatic rings. The summed E-state index contributed by atoms with van der Waals surface area (Å²) in [5, 5.41) is 44.6. The second-order valence-electron chi connectivity index (χ2n) is 25.8. The summed E-state index contributed by atoms with van der Waals surface area (Å²) < 4.78 is 12.1. The predicted octanol–water partition coefficient (Wildman–Crippen LogP) is 12.8. The van der Waals surface area contributed by atoms with Gasteiger partial charge in [-0.3, -0.25) is 14.4 Å². The van der Waals surface area contributed by atoms with E-state index in [0.717, 1.165) is 61.2 Å². The summed E-state index contributed by atoms with van der Waals surface area (Å²) in [5.41, 5.74) is 7.01.